The van der Waals surface area contributed by atoms with Crippen molar-refractivity contribution in [1.29, 1.82) is 0 Å². The summed E-state index contributed by atoms with van der Waals surface area (Å²) in [6.07, 6.45) is 18.0. The second kappa shape index (κ2) is 14.0. The first kappa shape index (κ1) is 21.4. The number of nitrogens with zero attached hydrogens (tertiary/aromatic N) is 2. The molecule has 0 aliphatic rings. The molecule has 0 aromatic carbocycles. The zero-order valence-electron chi connectivity index (χ0n) is 15.6. The third-order valence-corrected chi connectivity index (χ3v) is 3.78. The summed E-state index contributed by atoms with van der Waals surface area (Å²) < 4.78 is 0. The van der Waals surface area contributed by atoms with Crippen LogP contribution < -0.4 is 0 Å². The van der Waals surface area contributed by atoms with Gasteiger partial charge in [0.05, 0.1) is 0 Å². The van der Waals surface area contributed by atoms with Crippen molar-refractivity contribution in [2.45, 2.75) is 65.3 Å². The second-order valence-electron chi connectivity index (χ2n) is 5.73. The Morgan fingerprint density at radius 1 is 1.26 bits per heavy atom. The minimum atomic E-state index is 0.0752. The fraction of sp³-hybridized carbons (Fsp3) is 0.600. The van der Waals surface area contributed by atoms with E-state index < -0.39 is 0 Å². The molecule has 0 aliphatic heterocycles. The van der Waals surface area contributed by atoms with Crippen LogP contribution in [-0.2, 0) is 4.79 Å². The van der Waals surface area contributed by atoms with Gasteiger partial charge in [0, 0.05) is 38.3 Å². The molecular weight excluding hydrogens is 284 g/mol. The molecule has 0 radical (unpaired) electrons. The van der Waals surface area contributed by atoms with Gasteiger partial charge in [-0.3, -0.25) is 4.79 Å². The van der Waals surface area contributed by atoms with E-state index in [-0.39, 0.29) is 11.9 Å². The Kier molecular flexibility index (Phi) is 13.0. The van der Waals surface area contributed by atoms with Gasteiger partial charge < -0.3 is 9.89 Å². The van der Waals surface area contributed by atoms with E-state index in [0.29, 0.717) is 0 Å². The van der Waals surface area contributed by atoms with E-state index in [2.05, 4.69) is 24.9 Å². The number of amides is 1. The highest BCUT2D eigenvalue weighted by atomic mass is 16.2. The first-order valence-electron chi connectivity index (χ1n) is 8.79. The normalized spacial score (nSPS) is 14.2. The van der Waals surface area contributed by atoms with Gasteiger partial charge in [0.15, 0.2) is 0 Å². The molecule has 0 saturated heterocycles. The van der Waals surface area contributed by atoms with Gasteiger partial charge >= 0.3 is 0 Å². The third-order valence-electron chi connectivity index (χ3n) is 3.78. The van der Waals surface area contributed by atoms with Crippen molar-refractivity contribution in [3.63, 3.8) is 0 Å². The fourth-order valence-electron chi connectivity index (χ4n) is 2.37. The molecule has 1 amide bonds. The van der Waals surface area contributed by atoms with Gasteiger partial charge in [-0.15, -0.1) is 0 Å². The Bertz CT molecular complexity index is 433. The molecule has 0 saturated carbocycles. The molecule has 0 N–H and O–H groups in total. The van der Waals surface area contributed by atoms with Gasteiger partial charge in [-0.25, -0.2) is 0 Å². The van der Waals surface area contributed by atoms with Crippen molar-refractivity contribution < 1.29 is 4.79 Å². The summed E-state index contributed by atoms with van der Waals surface area (Å²) >= 11 is 0. The Morgan fingerprint density at radius 3 is 2.57 bits per heavy atom. The summed E-state index contributed by atoms with van der Waals surface area (Å²) in [5.74, 6) is 0.0752. The van der Waals surface area contributed by atoms with Crippen LogP contribution in [0.5, 0.6) is 0 Å². The van der Waals surface area contributed by atoms with E-state index in [9.17, 15) is 4.79 Å². The van der Waals surface area contributed by atoms with Crippen LogP contribution in [0, 0.1) is 0 Å². The van der Waals surface area contributed by atoms with Gasteiger partial charge in [-0.2, -0.15) is 0 Å². The largest absolute Gasteiger partial charge is 0.338 e. The van der Waals surface area contributed by atoms with Gasteiger partial charge in [-0.1, -0.05) is 57.4 Å². The highest BCUT2D eigenvalue weighted by Crippen LogP contribution is 2.13. The van der Waals surface area contributed by atoms with Gasteiger partial charge in [0.1, 0.15) is 0 Å². The average molecular weight is 319 g/mol. The van der Waals surface area contributed by atoms with E-state index in [1.807, 2.05) is 49.4 Å². The molecule has 0 bridgehead atoms. The Hall–Kier alpha value is -1.64. The van der Waals surface area contributed by atoms with Crippen molar-refractivity contribution in [2.24, 2.45) is 4.99 Å². The summed E-state index contributed by atoms with van der Waals surface area (Å²) in [6, 6.07) is 0.203. The molecule has 130 valence electrons. The van der Waals surface area contributed by atoms with Crippen LogP contribution in [-0.4, -0.2) is 37.2 Å². The van der Waals surface area contributed by atoms with Gasteiger partial charge in [0.25, 0.3) is 5.91 Å². The lowest BCUT2D eigenvalue weighted by Crippen LogP contribution is -2.38. The Balaban J connectivity index is 5.03. The molecule has 23 heavy (non-hydrogen) atoms. The van der Waals surface area contributed by atoms with Crippen LogP contribution in [0.2, 0.25) is 0 Å². The maximum atomic E-state index is 12.8. The first-order valence-corrected chi connectivity index (χ1v) is 8.79. The third kappa shape index (κ3) is 9.17. The van der Waals surface area contributed by atoms with E-state index >= 15 is 0 Å². The molecule has 0 rings (SSSR count). The molecule has 1 unspecified atom stereocenters. The molecule has 3 heteroatoms. The lowest BCUT2D eigenvalue weighted by molar-refractivity contribution is -0.127. The number of unbranched alkanes of at least 4 members (excludes halogenated alkanes) is 2. The van der Waals surface area contributed by atoms with Crippen molar-refractivity contribution in [3.8, 4) is 0 Å². The molecular formula is C20H34N2O. The van der Waals surface area contributed by atoms with Crippen molar-refractivity contribution in [1.82, 2.24) is 4.90 Å². The molecule has 0 spiro atoms. The maximum Gasteiger partial charge on any atom is 0.253 e. The summed E-state index contributed by atoms with van der Waals surface area (Å²) in [5, 5.41) is 0. The number of hydrogen-bond acceptors (Lipinski definition) is 2. The van der Waals surface area contributed by atoms with Crippen molar-refractivity contribution >= 4 is 12.1 Å². The number of hydrogen-bond donors (Lipinski definition) is 0. The summed E-state index contributed by atoms with van der Waals surface area (Å²) in [7, 11) is 3.67. The van der Waals surface area contributed by atoms with E-state index in [4.69, 9.17) is 0 Å². The predicted octanol–water partition coefficient (Wildman–Crippen LogP) is 4.95. The van der Waals surface area contributed by atoms with Crippen LogP contribution in [0.1, 0.15) is 59.3 Å². The predicted molar refractivity (Wildman–Crippen MR) is 102 cm³/mol. The quantitative estimate of drug-likeness (QED) is 0.229. The number of allylic oxidation sites excluding steroid dienone is 4. The molecule has 0 aliphatic carbocycles. The highest BCUT2D eigenvalue weighted by molar-refractivity contribution is 5.96. The molecule has 0 aromatic heterocycles. The lowest BCUT2D eigenvalue weighted by Gasteiger charge is -2.27. The Labute approximate surface area is 142 Å². The lowest BCUT2D eigenvalue weighted by atomic mass is 10.1. The van der Waals surface area contributed by atoms with Crippen LogP contribution >= 0.6 is 0 Å². The maximum absolute atomic E-state index is 12.8. The minimum Gasteiger partial charge on any atom is -0.338 e. The first-order chi connectivity index (χ1) is 11.1. The van der Waals surface area contributed by atoms with Crippen LogP contribution in [0.25, 0.3) is 0 Å². The topological polar surface area (TPSA) is 32.7 Å². The van der Waals surface area contributed by atoms with Crippen molar-refractivity contribution in [2.75, 3.05) is 14.1 Å². The Morgan fingerprint density at radius 2 is 2.00 bits per heavy atom. The molecule has 0 aromatic rings. The van der Waals surface area contributed by atoms with Gasteiger partial charge in [-0.05, 0) is 25.8 Å². The summed E-state index contributed by atoms with van der Waals surface area (Å²) in [6.45, 7) is 6.27. The number of likely N-dealkylation sites (N-methyl/N-ethyl adjacent to an activating group) is 1. The standard InChI is InChI=1S/C20H34N2O/c1-6-9-10-11-12-15-18(13-7-2)20(23)22(5)19(14-8-3)16-17-21-4/h7,11-13,15,17,19H,6,8-10,14,16H2,1-5H3/b12-11+,13-7-,18-15+,21-17?. The second-order valence-corrected chi connectivity index (χ2v) is 5.73. The van der Waals surface area contributed by atoms with Crippen LogP contribution in [0.3, 0.4) is 0 Å². The number of rotatable bonds is 11. The zero-order valence-corrected chi connectivity index (χ0v) is 15.6. The summed E-state index contributed by atoms with van der Waals surface area (Å²) in [4.78, 5) is 18.7. The smallest absolute Gasteiger partial charge is 0.253 e. The fourth-order valence-corrected chi connectivity index (χ4v) is 2.37. The van der Waals surface area contributed by atoms with Crippen molar-refractivity contribution in [3.05, 3.63) is 36.0 Å². The molecule has 0 heterocycles. The highest BCUT2D eigenvalue weighted by Gasteiger charge is 2.20. The molecule has 3 nitrogen and oxygen atoms in total. The van der Waals surface area contributed by atoms with Crippen LogP contribution in [0.4, 0.5) is 0 Å². The summed E-state index contributed by atoms with van der Waals surface area (Å²) in [5.41, 5.74) is 0.734. The molecule has 0 fully saturated rings. The van der Waals surface area contributed by atoms with Gasteiger partial charge in [0.2, 0.25) is 0 Å². The SMILES string of the molecule is C\C=C/C(=C\C=C\CCCC)C(=O)N(C)C(CC=NC)CCC. The minimum absolute atomic E-state index is 0.0752. The number of carbonyl (C=O) groups excluding carboxylic acids is 1. The van der Waals surface area contributed by atoms with E-state index in [1.165, 1.54) is 12.8 Å². The van der Waals surface area contributed by atoms with Crippen LogP contribution in [0.15, 0.2) is 40.9 Å². The number of carbonyl (C=O) groups is 1. The molecule has 1 atom stereocenters. The monoisotopic (exact) mass is 318 g/mol. The zero-order chi connectivity index (χ0) is 17.5. The average Bonchev–Trinajstić information content (AvgIpc) is 2.56. The van der Waals surface area contributed by atoms with E-state index in [1.54, 1.807) is 7.05 Å². The van der Waals surface area contributed by atoms with E-state index in [0.717, 1.165) is 31.3 Å². The number of aliphatic imine (C=N–C) groups is 1.